The molecule has 124 valence electrons. The Morgan fingerprint density at radius 1 is 1.35 bits per heavy atom. The number of amides is 2. The molecule has 0 saturated heterocycles. The Balaban J connectivity index is 2.13. The van der Waals surface area contributed by atoms with Crippen LogP contribution >= 0.6 is 27.7 Å². The number of hydrogen-bond donors (Lipinski definition) is 2. The Morgan fingerprint density at radius 2 is 2.04 bits per heavy atom. The van der Waals surface area contributed by atoms with Gasteiger partial charge in [0, 0.05) is 24.0 Å². The molecule has 3 N–H and O–H groups in total. The summed E-state index contributed by atoms with van der Waals surface area (Å²) in [6.07, 6.45) is 1.23. The van der Waals surface area contributed by atoms with Crippen LogP contribution in [-0.4, -0.2) is 27.5 Å². The van der Waals surface area contributed by atoms with Crippen molar-refractivity contribution in [3.8, 4) is 0 Å². The van der Waals surface area contributed by atoms with Gasteiger partial charge in [0.1, 0.15) is 0 Å². The summed E-state index contributed by atoms with van der Waals surface area (Å²) in [6.45, 7) is 2.47. The standard InChI is InChI=1S/C16H20BrN3O2S/c1-11-14(15(18)22)23-16(19-13(21)8-5-9-17)20(11)10-12-6-3-2-4-7-12/h2-4,6-7,16H,5,8-10H2,1H3,(H2,18,22)(H,19,21). The lowest BCUT2D eigenvalue weighted by Crippen LogP contribution is -2.42. The number of nitrogens with one attached hydrogen (secondary N) is 1. The number of halogens is 1. The zero-order chi connectivity index (χ0) is 16.8. The van der Waals surface area contributed by atoms with Gasteiger partial charge >= 0.3 is 0 Å². The Morgan fingerprint density at radius 3 is 2.65 bits per heavy atom. The molecule has 1 aromatic carbocycles. The van der Waals surface area contributed by atoms with Crippen LogP contribution in [0.25, 0.3) is 0 Å². The molecule has 0 fully saturated rings. The van der Waals surface area contributed by atoms with Crippen LogP contribution < -0.4 is 11.1 Å². The third-order valence-corrected chi connectivity index (χ3v) is 5.40. The van der Waals surface area contributed by atoms with Crippen molar-refractivity contribution in [2.24, 2.45) is 5.73 Å². The highest BCUT2D eigenvalue weighted by Crippen LogP contribution is 2.37. The molecular formula is C16H20BrN3O2S. The number of rotatable bonds is 7. The topological polar surface area (TPSA) is 75.4 Å². The predicted octanol–water partition coefficient (Wildman–Crippen LogP) is 2.53. The van der Waals surface area contributed by atoms with Crippen LogP contribution in [0.5, 0.6) is 0 Å². The molecule has 2 amide bonds. The molecule has 23 heavy (non-hydrogen) atoms. The quantitative estimate of drug-likeness (QED) is 0.693. The van der Waals surface area contributed by atoms with E-state index < -0.39 is 5.91 Å². The summed E-state index contributed by atoms with van der Waals surface area (Å²) in [5, 5.41) is 3.77. The van der Waals surface area contributed by atoms with Gasteiger partial charge < -0.3 is 16.0 Å². The number of carbonyl (C=O) groups is 2. The molecule has 1 heterocycles. The molecule has 1 atom stereocenters. The SMILES string of the molecule is CC1=C(C(N)=O)SC(NC(=O)CCCBr)N1Cc1ccccc1. The van der Waals surface area contributed by atoms with Gasteiger partial charge in [-0.15, -0.1) is 0 Å². The van der Waals surface area contributed by atoms with E-state index >= 15 is 0 Å². The first-order valence-corrected chi connectivity index (χ1v) is 9.36. The van der Waals surface area contributed by atoms with Gasteiger partial charge in [0.25, 0.3) is 5.91 Å². The van der Waals surface area contributed by atoms with Crippen molar-refractivity contribution in [2.75, 3.05) is 5.33 Å². The van der Waals surface area contributed by atoms with Gasteiger partial charge in [-0.2, -0.15) is 0 Å². The number of nitrogens with two attached hydrogens (primary N) is 1. The lowest BCUT2D eigenvalue weighted by atomic mass is 10.2. The first-order valence-electron chi connectivity index (χ1n) is 7.36. The third kappa shape index (κ3) is 4.75. The second kappa shape index (κ2) is 8.40. The zero-order valence-electron chi connectivity index (χ0n) is 12.9. The van der Waals surface area contributed by atoms with Gasteiger partial charge in [-0.25, -0.2) is 0 Å². The molecule has 0 saturated carbocycles. The van der Waals surface area contributed by atoms with Crippen LogP contribution in [0.2, 0.25) is 0 Å². The van der Waals surface area contributed by atoms with E-state index in [0.717, 1.165) is 23.0 Å². The van der Waals surface area contributed by atoms with Crippen LogP contribution in [-0.2, 0) is 16.1 Å². The van der Waals surface area contributed by atoms with Crippen LogP contribution in [0.4, 0.5) is 0 Å². The minimum atomic E-state index is -0.456. The van der Waals surface area contributed by atoms with Gasteiger partial charge in [0.15, 0.2) is 5.50 Å². The first kappa shape index (κ1) is 17.9. The molecular weight excluding hydrogens is 378 g/mol. The van der Waals surface area contributed by atoms with Crippen molar-refractivity contribution >= 4 is 39.5 Å². The molecule has 2 rings (SSSR count). The van der Waals surface area contributed by atoms with Crippen molar-refractivity contribution in [3.63, 3.8) is 0 Å². The summed E-state index contributed by atoms with van der Waals surface area (Å²) in [5.41, 5.74) is 7.06. The van der Waals surface area contributed by atoms with E-state index in [1.165, 1.54) is 11.8 Å². The lowest BCUT2D eigenvalue weighted by molar-refractivity contribution is -0.122. The summed E-state index contributed by atoms with van der Waals surface area (Å²) >= 11 is 4.62. The number of hydrogen-bond acceptors (Lipinski definition) is 4. The summed E-state index contributed by atoms with van der Waals surface area (Å²) in [6, 6.07) is 9.93. The molecule has 0 radical (unpaired) electrons. The van der Waals surface area contributed by atoms with E-state index in [1.54, 1.807) is 0 Å². The van der Waals surface area contributed by atoms with E-state index in [0.29, 0.717) is 17.9 Å². The average Bonchev–Trinajstić information content (AvgIpc) is 2.83. The fourth-order valence-corrected chi connectivity index (χ4v) is 3.79. The van der Waals surface area contributed by atoms with Gasteiger partial charge in [0.2, 0.25) is 5.91 Å². The highest BCUT2D eigenvalue weighted by atomic mass is 79.9. The number of alkyl halides is 1. The second-order valence-electron chi connectivity index (χ2n) is 5.22. The fraction of sp³-hybridized carbons (Fsp3) is 0.375. The minimum absolute atomic E-state index is 0.0291. The minimum Gasteiger partial charge on any atom is -0.365 e. The largest absolute Gasteiger partial charge is 0.365 e. The molecule has 1 aromatic rings. The summed E-state index contributed by atoms with van der Waals surface area (Å²) in [5.74, 6) is -0.485. The van der Waals surface area contributed by atoms with Crippen LogP contribution in [0.3, 0.4) is 0 Å². The molecule has 1 unspecified atom stereocenters. The van der Waals surface area contributed by atoms with Gasteiger partial charge in [-0.3, -0.25) is 9.59 Å². The lowest BCUT2D eigenvalue weighted by Gasteiger charge is -2.28. The van der Waals surface area contributed by atoms with E-state index in [2.05, 4.69) is 21.2 Å². The predicted molar refractivity (Wildman–Crippen MR) is 96.4 cm³/mol. The number of benzene rings is 1. The Labute approximate surface area is 148 Å². The third-order valence-electron chi connectivity index (χ3n) is 3.51. The smallest absolute Gasteiger partial charge is 0.257 e. The van der Waals surface area contributed by atoms with Gasteiger partial charge in [-0.1, -0.05) is 58.0 Å². The summed E-state index contributed by atoms with van der Waals surface area (Å²) < 4.78 is 0. The van der Waals surface area contributed by atoms with Crippen molar-refractivity contribution < 1.29 is 9.59 Å². The molecule has 0 aromatic heterocycles. The molecule has 7 heteroatoms. The normalized spacial score (nSPS) is 17.5. The number of thioether (sulfide) groups is 1. The first-order chi connectivity index (χ1) is 11.0. The number of nitrogens with zero attached hydrogens (tertiary/aromatic N) is 1. The van der Waals surface area contributed by atoms with Crippen LogP contribution in [0.15, 0.2) is 40.9 Å². The number of primary amides is 1. The van der Waals surface area contributed by atoms with Crippen LogP contribution in [0.1, 0.15) is 25.3 Å². The van der Waals surface area contributed by atoms with E-state index in [4.69, 9.17) is 5.73 Å². The Hall–Kier alpha value is -1.47. The maximum atomic E-state index is 12.0. The monoisotopic (exact) mass is 397 g/mol. The molecule has 0 aliphatic carbocycles. The molecule has 1 aliphatic rings. The zero-order valence-corrected chi connectivity index (χ0v) is 15.3. The molecule has 1 aliphatic heterocycles. The van der Waals surface area contributed by atoms with Crippen LogP contribution in [0, 0.1) is 0 Å². The van der Waals surface area contributed by atoms with Crippen molar-refractivity contribution in [2.45, 2.75) is 31.8 Å². The van der Waals surface area contributed by atoms with Crippen molar-refractivity contribution in [1.29, 1.82) is 0 Å². The molecule has 5 nitrogen and oxygen atoms in total. The second-order valence-corrected chi connectivity index (χ2v) is 7.11. The highest BCUT2D eigenvalue weighted by molar-refractivity contribution is 9.09. The van der Waals surface area contributed by atoms with Crippen molar-refractivity contribution in [1.82, 2.24) is 10.2 Å². The maximum absolute atomic E-state index is 12.0. The molecule has 0 bridgehead atoms. The fourth-order valence-electron chi connectivity index (χ4n) is 2.33. The maximum Gasteiger partial charge on any atom is 0.257 e. The number of carbonyl (C=O) groups excluding carboxylic acids is 2. The number of allylic oxidation sites excluding steroid dienone is 1. The summed E-state index contributed by atoms with van der Waals surface area (Å²) in [7, 11) is 0. The van der Waals surface area contributed by atoms with E-state index in [9.17, 15) is 9.59 Å². The van der Waals surface area contributed by atoms with Gasteiger partial charge in [0.05, 0.1) is 4.91 Å². The van der Waals surface area contributed by atoms with Crippen molar-refractivity contribution in [3.05, 3.63) is 46.5 Å². The Bertz CT molecular complexity index is 607. The highest BCUT2D eigenvalue weighted by Gasteiger charge is 2.33. The summed E-state index contributed by atoms with van der Waals surface area (Å²) in [4.78, 5) is 26.2. The molecule has 0 spiro atoms. The Kier molecular flexibility index (Phi) is 6.53. The van der Waals surface area contributed by atoms with E-state index in [-0.39, 0.29) is 11.4 Å². The van der Waals surface area contributed by atoms with Gasteiger partial charge in [-0.05, 0) is 18.9 Å². The average molecular weight is 398 g/mol. The van der Waals surface area contributed by atoms with E-state index in [1.807, 2.05) is 42.2 Å².